The van der Waals surface area contributed by atoms with Crippen molar-refractivity contribution < 1.29 is 14.9 Å². The third-order valence-electron chi connectivity index (χ3n) is 6.69. The zero-order valence-corrected chi connectivity index (χ0v) is 23.2. The van der Waals surface area contributed by atoms with Gasteiger partial charge in [0.1, 0.15) is 22.5 Å². The molecule has 0 bridgehead atoms. The SMILES string of the molecule is CCCCCCO.COc1cc(C2CCN(CC(C)(C)O)CC2)cnc1Cn1ncc2nc(N)nc(N)c21. The number of fused-ring (bicyclic) bond motifs is 1. The van der Waals surface area contributed by atoms with Crippen molar-refractivity contribution in [1.29, 1.82) is 0 Å². The molecule has 0 aromatic carbocycles. The van der Waals surface area contributed by atoms with Crippen LogP contribution in [0.2, 0.25) is 0 Å². The number of ether oxygens (including phenoxy) is 1. The lowest BCUT2D eigenvalue weighted by Gasteiger charge is -2.35. The van der Waals surface area contributed by atoms with E-state index in [-0.39, 0.29) is 11.8 Å². The molecule has 38 heavy (non-hydrogen) atoms. The minimum Gasteiger partial charge on any atom is -0.495 e. The Kier molecular flexibility index (Phi) is 10.6. The van der Waals surface area contributed by atoms with Gasteiger partial charge in [-0.1, -0.05) is 26.2 Å². The molecular formula is C27H44N8O3. The topological polar surface area (TPSA) is 161 Å². The first kappa shape index (κ1) is 29.5. The molecule has 0 atom stereocenters. The lowest BCUT2D eigenvalue weighted by Crippen LogP contribution is -2.42. The first-order valence-corrected chi connectivity index (χ1v) is 13.5. The van der Waals surface area contributed by atoms with E-state index in [1.165, 1.54) is 24.8 Å². The van der Waals surface area contributed by atoms with Crippen LogP contribution in [-0.2, 0) is 6.54 Å². The number of nitrogen functional groups attached to an aromatic ring is 2. The van der Waals surface area contributed by atoms with Crippen LogP contribution in [0.4, 0.5) is 11.8 Å². The lowest BCUT2D eigenvalue weighted by atomic mass is 9.89. The molecule has 0 radical (unpaired) electrons. The van der Waals surface area contributed by atoms with Crippen molar-refractivity contribution in [2.75, 3.05) is 44.8 Å². The second-order valence-corrected chi connectivity index (χ2v) is 10.6. The molecular weight excluding hydrogens is 484 g/mol. The van der Waals surface area contributed by atoms with Crippen molar-refractivity contribution >= 4 is 22.8 Å². The van der Waals surface area contributed by atoms with Crippen LogP contribution in [0.5, 0.6) is 5.75 Å². The van der Waals surface area contributed by atoms with Gasteiger partial charge in [0.2, 0.25) is 5.95 Å². The molecule has 1 saturated heterocycles. The van der Waals surface area contributed by atoms with E-state index in [0.29, 0.717) is 36.6 Å². The number of methoxy groups -OCH3 is 1. The number of aromatic nitrogens is 5. The smallest absolute Gasteiger partial charge is 0.222 e. The number of likely N-dealkylation sites (tertiary alicyclic amines) is 1. The van der Waals surface area contributed by atoms with Gasteiger partial charge in [-0.2, -0.15) is 10.1 Å². The highest BCUT2D eigenvalue weighted by molar-refractivity contribution is 5.85. The Morgan fingerprint density at radius 2 is 1.84 bits per heavy atom. The second kappa shape index (κ2) is 13.7. The Bertz CT molecular complexity index is 1150. The molecule has 3 aromatic rings. The predicted octanol–water partition coefficient (Wildman–Crippen LogP) is 2.95. The maximum atomic E-state index is 10.1. The molecule has 0 aliphatic carbocycles. The average molecular weight is 529 g/mol. The van der Waals surface area contributed by atoms with E-state index < -0.39 is 5.60 Å². The predicted molar refractivity (Wildman–Crippen MR) is 150 cm³/mol. The maximum Gasteiger partial charge on any atom is 0.222 e. The number of β-amino-alcohol motifs (C(OH)–C–C–N with tert-alkyl or cyclic N) is 1. The van der Waals surface area contributed by atoms with E-state index >= 15 is 0 Å². The van der Waals surface area contributed by atoms with Gasteiger partial charge < -0.3 is 31.3 Å². The Morgan fingerprint density at radius 1 is 1.11 bits per heavy atom. The van der Waals surface area contributed by atoms with Crippen LogP contribution in [0.25, 0.3) is 11.0 Å². The minimum atomic E-state index is -0.671. The monoisotopic (exact) mass is 528 g/mol. The summed E-state index contributed by atoms with van der Waals surface area (Å²) in [6.45, 7) is 9.22. The standard InChI is InChI=1S/C21H30N8O2.C6H14O/c1-21(2,30)12-28-6-4-13(5-7-28)14-8-17(31-3)16(24-9-14)11-29-18-15(10-25-29)26-20(23)27-19(18)22;1-2-3-4-5-6-7/h8-10,13,30H,4-7,11-12H2,1-3H3,(H4,22,23,26,27);7H,2-6H2,1H3. The van der Waals surface area contributed by atoms with Gasteiger partial charge in [0.05, 0.1) is 25.5 Å². The van der Waals surface area contributed by atoms with E-state index in [4.69, 9.17) is 21.3 Å². The molecule has 11 nitrogen and oxygen atoms in total. The number of aliphatic hydroxyl groups excluding tert-OH is 1. The number of nitrogens with zero attached hydrogens (tertiary/aromatic N) is 6. The van der Waals surface area contributed by atoms with Gasteiger partial charge in [0, 0.05) is 19.3 Å². The van der Waals surface area contributed by atoms with E-state index in [9.17, 15) is 5.11 Å². The third kappa shape index (κ3) is 8.24. The number of nitrogens with two attached hydrogens (primary N) is 2. The highest BCUT2D eigenvalue weighted by Crippen LogP contribution is 2.32. The van der Waals surface area contributed by atoms with Gasteiger partial charge in [0.25, 0.3) is 0 Å². The summed E-state index contributed by atoms with van der Waals surface area (Å²) in [6.07, 6.45) is 10.3. The molecule has 210 valence electrons. The molecule has 0 unspecified atom stereocenters. The van der Waals surface area contributed by atoms with Crippen LogP contribution in [0, 0.1) is 0 Å². The molecule has 3 aromatic heterocycles. The van der Waals surface area contributed by atoms with Gasteiger partial charge in [-0.3, -0.25) is 9.67 Å². The third-order valence-corrected chi connectivity index (χ3v) is 6.69. The molecule has 11 heteroatoms. The Morgan fingerprint density at radius 3 is 2.47 bits per heavy atom. The fourth-order valence-electron chi connectivity index (χ4n) is 4.82. The molecule has 0 spiro atoms. The summed E-state index contributed by atoms with van der Waals surface area (Å²) < 4.78 is 7.36. The number of aliphatic hydroxyl groups is 2. The first-order chi connectivity index (χ1) is 18.1. The van der Waals surface area contributed by atoms with Gasteiger partial charge in [-0.15, -0.1) is 0 Å². The zero-order chi connectivity index (χ0) is 27.7. The molecule has 1 fully saturated rings. The van der Waals surface area contributed by atoms with Crippen molar-refractivity contribution in [3.63, 3.8) is 0 Å². The number of anilines is 2. The number of hydrogen-bond acceptors (Lipinski definition) is 10. The molecule has 1 aliphatic rings. The molecule has 1 aliphatic heterocycles. The van der Waals surface area contributed by atoms with Crippen molar-refractivity contribution in [2.24, 2.45) is 0 Å². The van der Waals surface area contributed by atoms with Gasteiger partial charge >= 0.3 is 0 Å². The van der Waals surface area contributed by atoms with Crippen molar-refractivity contribution in [3.8, 4) is 5.75 Å². The molecule has 4 rings (SSSR count). The van der Waals surface area contributed by atoms with Crippen LogP contribution in [0.3, 0.4) is 0 Å². The highest BCUT2D eigenvalue weighted by atomic mass is 16.5. The van der Waals surface area contributed by atoms with E-state index in [0.717, 1.165) is 43.8 Å². The summed E-state index contributed by atoms with van der Waals surface area (Å²) >= 11 is 0. The first-order valence-electron chi connectivity index (χ1n) is 13.5. The number of pyridine rings is 1. The Labute approximate surface area is 225 Å². The largest absolute Gasteiger partial charge is 0.495 e. The number of unbranched alkanes of at least 4 members (excludes halogenated alkanes) is 3. The van der Waals surface area contributed by atoms with Crippen molar-refractivity contribution in [2.45, 2.75) is 77.4 Å². The molecule has 4 heterocycles. The van der Waals surface area contributed by atoms with E-state index in [1.54, 1.807) is 18.0 Å². The van der Waals surface area contributed by atoms with Crippen LogP contribution >= 0.6 is 0 Å². The normalized spacial score (nSPS) is 14.9. The van der Waals surface area contributed by atoms with E-state index in [1.807, 2.05) is 20.0 Å². The van der Waals surface area contributed by atoms with E-state index in [2.05, 4.69) is 37.9 Å². The van der Waals surface area contributed by atoms with Gasteiger partial charge in [-0.25, -0.2) is 4.98 Å². The Hall–Kier alpha value is -3.02. The van der Waals surface area contributed by atoms with Crippen LogP contribution in [0.1, 0.15) is 76.5 Å². The second-order valence-electron chi connectivity index (χ2n) is 10.6. The number of hydrogen-bond donors (Lipinski definition) is 4. The zero-order valence-electron chi connectivity index (χ0n) is 23.2. The maximum absolute atomic E-state index is 10.1. The summed E-state index contributed by atoms with van der Waals surface area (Å²) in [6, 6.07) is 2.07. The van der Waals surface area contributed by atoms with Crippen LogP contribution in [0.15, 0.2) is 18.5 Å². The van der Waals surface area contributed by atoms with Gasteiger partial charge in [-0.05, 0) is 63.7 Å². The minimum absolute atomic E-state index is 0.123. The Balaban J connectivity index is 0.000000505. The summed E-state index contributed by atoms with van der Waals surface area (Å²) in [5, 5.41) is 22.7. The highest BCUT2D eigenvalue weighted by Gasteiger charge is 2.25. The number of rotatable bonds is 10. The van der Waals surface area contributed by atoms with Gasteiger partial charge in [0.15, 0.2) is 5.82 Å². The van der Waals surface area contributed by atoms with Crippen molar-refractivity contribution in [3.05, 3.63) is 29.7 Å². The fourth-order valence-corrected chi connectivity index (χ4v) is 4.82. The lowest BCUT2D eigenvalue weighted by molar-refractivity contribution is 0.0281. The molecule has 0 amide bonds. The quantitative estimate of drug-likeness (QED) is 0.288. The summed E-state index contributed by atoms with van der Waals surface area (Å²) in [7, 11) is 1.65. The summed E-state index contributed by atoms with van der Waals surface area (Å²) in [5.74, 6) is 1.55. The fraction of sp³-hybridized carbons (Fsp3) is 0.630. The average Bonchev–Trinajstić information content (AvgIpc) is 3.27. The van der Waals surface area contributed by atoms with Crippen LogP contribution < -0.4 is 16.2 Å². The van der Waals surface area contributed by atoms with Crippen LogP contribution in [-0.4, -0.2) is 78.8 Å². The summed E-state index contributed by atoms with van der Waals surface area (Å²) in [5.41, 5.74) is 14.2. The molecule has 6 N–H and O–H groups in total. The number of piperidine rings is 1. The molecule has 0 saturated carbocycles. The van der Waals surface area contributed by atoms with Crippen molar-refractivity contribution in [1.82, 2.24) is 29.6 Å². The summed E-state index contributed by atoms with van der Waals surface area (Å²) in [4.78, 5) is 15.2.